The molecule has 0 saturated carbocycles. The van der Waals surface area contributed by atoms with E-state index in [4.69, 9.17) is 23.2 Å². The molecule has 158 valence electrons. The van der Waals surface area contributed by atoms with Crippen molar-refractivity contribution < 1.29 is 26.3 Å². The Hall–Kier alpha value is -2.65. The second-order valence-corrected chi connectivity index (χ2v) is 6.84. The summed E-state index contributed by atoms with van der Waals surface area (Å²) in [5, 5.41) is 3.37. The van der Waals surface area contributed by atoms with Crippen molar-refractivity contribution in [1.82, 2.24) is 4.57 Å². The van der Waals surface area contributed by atoms with Crippen molar-refractivity contribution in [1.29, 1.82) is 0 Å². The topological polar surface area (TPSA) is 29.3 Å². The zero-order valence-corrected chi connectivity index (χ0v) is 16.2. The summed E-state index contributed by atoms with van der Waals surface area (Å²) in [6.07, 6.45) is -6.11. The van der Waals surface area contributed by atoms with Crippen LogP contribution in [-0.2, 0) is 12.4 Å². The van der Waals surface area contributed by atoms with Gasteiger partial charge in [-0.3, -0.25) is 5.43 Å². The summed E-state index contributed by atoms with van der Waals surface area (Å²) in [5.74, 6) is 0. The molecular formula is C19H11Cl2F6N3. The highest BCUT2D eigenvalue weighted by atomic mass is 35.5. The van der Waals surface area contributed by atoms with Crippen molar-refractivity contribution in [3.63, 3.8) is 0 Å². The van der Waals surface area contributed by atoms with Crippen LogP contribution in [0.5, 0.6) is 0 Å². The van der Waals surface area contributed by atoms with E-state index in [1.165, 1.54) is 18.3 Å². The molecule has 0 aliphatic carbocycles. The molecular weight excluding hydrogens is 455 g/mol. The quantitative estimate of drug-likeness (QED) is 0.245. The smallest absolute Gasteiger partial charge is 0.316 e. The lowest BCUT2D eigenvalue weighted by molar-refractivity contribution is -0.138. The average molecular weight is 466 g/mol. The Balaban J connectivity index is 1.80. The lowest BCUT2D eigenvalue weighted by atomic mass is 10.2. The number of benzene rings is 2. The summed E-state index contributed by atoms with van der Waals surface area (Å²) < 4.78 is 78.0. The van der Waals surface area contributed by atoms with Gasteiger partial charge in [0.15, 0.2) is 0 Å². The number of alkyl halides is 6. The van der Waals surface area contributed by atoms with Gasteiger partial charge in [0.1, 0.15) is 0 Å². The van der Waals surface area contributed by atoms with Crippen molar-refractivity contribution >= 4 is 35.1 Å². The van der Waals surface area contributed by atoms with E-state index in [1.54, 1.807) is 22.9 Å². The van der Waals surface area contributed by atoms with E-state index in [0.717, 1.165) is 24.3 Å². The number of hydrogen-bond donors (Lipinski definition) is 1. The molecule has 0 radical (unpaired) electrons. The summed E-state index contributed by atoms with van der Waals surface area (Å²) in [6.45, 7) is 0. The van der Waals surface area contributed by atoms with Crippen LogP contribution in [0.3, 0.4) is 0 Å². The number of hydrazone groups is 1. The van der Waals surface area contributed by atoms with Gasteiger partial charge in [0, 0.05) is 11.9 Å². The van der Waals surface area contributed by atoms with Gasteiger partial charge in [0.25, 0.3) is 0 Å². The maximum atomic E-state index is 12.8. The molecule has 0 fully saturated rings. The molecule has 0 spiro atoms. The van der Waals surface area contributed by atoms with Gasteiger partial charge in [-0.2, -0.15) is 31.4 Å². The standard InChI is InChI=1S/C19H11Cl2F6N3/c20-15-8-12(19(25,26)27)9-16(21)17(15)29-28-10-14-2-1-7-30(14)13-5-3-11(4-6-13)18(22,23)24/h1-10,29H. The monoisotopic (exact) mass is 465 g/mol. The minimum absolute atomic E-state index is 0.0183. The average Bonchev–Trinajstić information content (AvgIpc) is 3.11. The number of rotatable bonds is 4. The Morgan fingerprint density at radius 3 is 1.93 bits per heavy atom. The molecule has 3 rings (SSSR count). The van der Waals surface area contributed by atoms with Crippen LogP contribution in [-0.4, -0.2) is 10.8 Å². The van der Waals surface area contributed by atoms with E-state index >= 15 is 0 Å². The maximum Gasteiger partial charge on any atom is 0.416 e. The first-order valence-electron chi connectivity index (χ1n) is 8.17. The van der Waals surface area contributed by atoms with Gasteiger partial charge in [-0.15, -0.1) is 0 Å². The summed E-state index contributed by atoms with van der Waals surface area (Å²) >= 11 is 11.7. The van der Waals surface area contributed by atoms with E-state index in [-0.39, 0.29) is 15.7 Å². The molecule has 1 N–H and O–H groups in total. The van der Waals surface area contributed by atoms with Crippen molar-refractivity contribution in [2.45, 2.75) is 12.4 Å². The second kappa shape index (κ2) is 8.23. The third kappa shape index (κ3) is 4.91. The number of aromatic nitrogens is 1. The van der Waals surface area contributed by atoms with Crippen molar-refractivity contribution in [2.75, 3.05) is 5.43 Å². The highest BCUT2D eigenvalue weighted by molar-refractivity contribution is 6.39. The van der Waals surface area contributed by atoms with Gasteiger partial charge in [-0.25, -0.2) is 0 Å². The van der Waals surface area contributed by atoms with Crippen LogP contribution >= 0.6 is 23.2 Å². The normalized spacial score (nSPS) is 12.5. The van der Waals surface area contributed by atoms with Crippen LogP contribution in [0.4, 0.5) is 32.0 Å². The van der Waals surface area contributed by atoms with Crippen LogP contribution in [0.15, 0.2) is 59.8 Å². The molecule has 1 heterocycles. The first-order chi connectivity index (χ1) is 14.0. The van der Waals surface area contributed by atoms with Crippen molar-refractivity contribution in [3.05, 3.63) is 81.6 Å². The molecule has 2 aromatic carbocycles. The van der Waals surface area contributed by atoms with E-state index < -0.39 is 23.5 Å². The fourth-order valence-corrected chi connectivity index (χ4v) is 3.12. The molecule has 0 amide bonds. The molecule has 3 aromatic rings. The summed E-state index contributed by atoms with van der Waals surface area (Å²) in [6, 6.07) is 9.24. The van der Waals surface area contributed by atoms with E-state index in [2.05, 4.69) is 10.5 Å². The van der Waals surface area contributed by atoms with E-state index in [9.17, 15) is 26.3 Å². The minimum atomic E-state index is -4.60. The number of nitrogens with one attached hydrogen (secondary N) is 1. The van der Waals surface area contributed by atoms with Gasteiger partial charge in [0.05, 0.1) is 38.8 Å². The zero-order chi connectivity index (χ0) is 22.1. The molecule has 0 aliphatic rings. The van der Waals surface area contributed by atoms with Crippen LogP contribution in [0, 0.1) is 0 Å². The molecule has 3 nitrogen and oxygen atoms in total. The van der Waals surface area contributed by atoms with Crippen LogP contribution < -0.4 is 5.43 Å². The van der Waals surface area contributed by atoms with E-state index in [1.807, 2.05) is 0 Å². The SMILES string of the molecule is FC(F)(F)c1ccc(-n2cccc2C=NNc2c(Cl)cc(C(F)(F)F)cc2Cl)cc1. The first-order valence-corrected chi connectivity index (χ1v) is 8.93. The lowest BCUT2D eigenvalue weighted by Crippen LogP contribution is -2.06. The Labute approximate surface area is 176 Å². The molecule has 0 atom stereocenters. The third-order valence-corrected chi connectivity index (χ3v) is 4.59. The predicted molar refractivity (Wildman–Crippen MR) is 103 cm³/mol. The largest absolute Gasteiger partial charge is 0.416 e. The minimum Gasteiger partial charge on any atom is -0.316 e. The highest BCUT2D eigenvalue weighted by Gasteiger charge is 2.32. The van der Waals surface area contributed by atoms with Gasteiger partial charge < -0.3 is 4.57 Å². The summed E-state index contributed by atoms with van der Waals surface area (Å²) in [4.78, 5) is 0. The fourth-order valence-electron chi connectivity index (χ4n) is 2.55. The van der Waals surface area contributed by atoms with Gasteiger partial charge in [0.2, 0.25) is 0 Å². The number of halogens is 8. The Morgan fingerprint density at radius 1 is 0.833 bits per heavy atom. The number of nitrogens with zero attached hydrogens (tertiary/aromatic N) is 2. The molecule has 0 aliphatic heterocycles. The molecule has 1 aromatic heterocycles. The Morgan fingerprint density at radius 2 is 1.40 bits per heavy atom. The number of hydrogen-bond acceptors (Lipinski definition) is 2. The molecule has 0 unspecified atom stereocenters. The van der Waals surface area contributed by atoms with Crippen LogP contribution in [0.1, 0.15) is 16.8 Å². The van der Waals surface area contributed by atoms with Gasteiger partial charge in [-0.1, -0.05) is 23.2 Å². The fraction of sp³-hybridized carbons (Fsp3) is 0.105. The zero-order valence-electron chi connectivity index (χ0n) is 14.7. The van der Waals surface area contributed by atoms with Gasteiger partial charge >= 0.3 is 12.4 Å². The molecule has 0 saturated heterocycles. The lowest BCUT2D eigenvalue weighted by Gasteiger charge is -2.12. The maximum absolute atomic E-state index is 12.8. The second-order valence-electron chi connectivity index (χ2n) is 6.03. The molecule has 11 heteroatoms. The Kier molecular flexibility index (Phi) is 6.05. The summed E-state index contributed by atoms with van der Waals surface area (Å²) in [7, 11) is 0. The third-order valence-electron chi connectivity index (χ3n) is 4.00. The first kappa shape index (κ1) is 22.0. The van der Waals surface area contributed by atoms with E-state index in [0.29, 0.717) is 11.4 Å². The van der Waals surface area contributed by atoms with Gasteiger partial charge in [-0.05, 0) is 48.5 Å². The molecule has 30 heavy (non-hydrogen) atoms. The predicted octanol–water partition coefficient (Wildman–Crippen LogP) is 7.27. The van der Waals surface area contributed by atoms with Crippen LogP contribution in [0.25, 0.3) is 5.69 Å². The Bertz CT molecular complexity index is 1050. The van der Waals surface area contributed by atoms with Crippen molar-refractivity contribution in [3.8, 4) is 5.69 Å². The summed E-state index contributed by atoms with van der Waals surface area (Å²) in [5.41, 5.74) is 1.64. The molecule has 0 bridgehead atoms. The van der Waals surface area contributed by atoms with Crippen molar-refractivity contribution in [2.24, 2.45) is 5.10 Å². The highest BCUT2D eigenvalue weighted by Crippen LogP contribution is 2.38. The van der Waals surface area contributed by atoms with Crippen LogP contribution in [0.2, 0.25) is 10.0 Å². The number of anilines is 1.